The number of carbonyl (C=O) groups is 1. The van der Waals surface area contributed by atoms with Crippen LogP contribution in [0.25, 0.3) is 27.9 Å². The number of aromatic nitrogens is 5. The van der Waals surface area contributed by atoms with Crippen molar-refractivity contribution in [2.24, 2.45) is 5.73 Å². The van der Waals surface area contributed by atoms with E-state index in [0.29, 0.717) is 25.0 Å². The van der Waals surface area contributed by atoms with Crippen molar-refractivity contribution < 1.29 is 4.79 Å². The molecular formula is C27H36N8O. The zero-order chi connectivity index (χ0) is 25.7. The number of nitrogens with zero attached hydrogens (tertiary/aromatic N) is 6. The average molecular weight is 489 g/mol. The van der Waals surface area contributed by atoms with Crippen molar-refractivity contribution in [3.8, 4) is 11.3 Å². The molecule has 3 N–H and O–H groups in total. The van der Waals surface area contributed by atoms with Gasteiger partial charge in [0.1, 0.15) is 12.1 Å². The molecule has 9 heteroatoms. The first kappa shape index (κ1) is 24.2. The number of hydrogen-bond acceptors (Lipinski definition) is 6. The number of rotatable bonds is 6. The highest BCUT2D eigenvalue weighted by molar-refractivity contribution is 5.90. The van der Waals surface area contributed by atoms with E-state index in [1.165, 1.54) is 11.1 Å². The van der Waals surface area contributed by atoms with Crippen LogP contribution in [0.15, 0.2) is 24.7 Å². The molecule has 5 rings (SSSR count). The fourth-order valence-electron chi connectivity index (χ4n) is 5.70. The smallest absolute Gasteiger partial charge is 0.218 e. The number of H-pyrrole nitrogens is 1. The van der Waals surface area contributed by atoms with Crippen LogP contribution in [-0.2, 0) is 4.79 Å². The van der Waals surface area contributed by atoms with Crippen molar-refractivity contribution >= 4 is 28.4 Å². The molecule has 1 amide bonds. The SMILES string of the molecule is Cc1c(-c2[nH]c3ccc(N4C[C@H](C)N(CCC(N)=O)[C@@H](C)C4)nc3c2C(C)C)cn2ncnc2c1C. The predicted octanol–water partition coefficient (Wildman–Crippen LogP) is 3.79. The molecule has 0 aliphatic carbocycles. The van der Waals surface area contributed by atoms with Gasteiger partial charge in [0.25, 0.3) is 0 Å². The molecule has 1 saturated heterocycles. The Kier molecular flexibility index (Phi) is 6.20. The summed E-state index contributed by atoms with van der Waals surface area (Å²) in [6, 6.07) is 4.87. The van der Waals surface area contributed by atoms with Gasteiger partial charge in [0.15, 0.2) is 5.65 Å². The Labute approximate surface area is 211 Å². The van der Waals surface area contributed by atoms with Crippen molar-refractivity contribution in [3.63, 3.8) is 0 Å². The van der Waals surface area contributed by atoms with Crippen LogP contribution in [0.3, 0.4) is 0 Å². The first-order valence-corrected chi connectivity index (χ1v) is 12.8. The number of aromatic amines is 1. The third-order valence-corrected chi connectivity index (χ3v) is 7.68. The maximum Gasteiger partial charge on any atom is 0.218 e. The minimum Gasteiger partial charge on any atom is -0.370 e. The summed E-state index contributed by atoms with van der Waals surface area (Å²) in [4.78, 5) is 29.3. The Bertz CT molecular complexity index is 1420. The van der Waals surface area contributed by atoms with Gasteiger partial charge in [0.05, 0.1) is 16.7 Å². The topological polar surface area (TPSA) is 108 Å². The molecule has 0 spiro atoms. The second kappa shape index (κ2) is 9.20. The monoisotopic (exact) mass is 488 g/mol. The average Bonchev–Trinajstić information content (AvgIpc) is 3.44. The fraction of sp³-hybridized carbons (Fsp3) is 0.481. The molecule has 5 heterocycles. The summed E-state index contributed by atoms with van der Waals surface area (Å²) >= 11 is 0. The van der Waals surface area contributed by atoms with Gasteiger partial charge in [-0.15, -0.1) is 0 Å². The lowest BCUT2D eigenvalue weighted by Gasteiger charge is -2.44. The van der Waals surface area contributed by atoms with Crippen LogP contribution in [0.1, 0.15) is 56.7 Å². The highest BCUT2D eigenvalue weighted by Crippen LogP contribution is 2.38. The van der Waals surface area contributed by atoms with Crippen LogP contribution in [-0.4, -0.2) is 67.1 Å². The van der Waals surface area contributed by atoms with E-state index in [4.69, 9.17) is 10.7 Å². The number of amides is 1. The number of nitrogens with one attached hydrogen (secondary N) is 1. The molecule has 0 saturated carbocycles. The lowest BCUT2D eigenvalue weighted by molar-refractivity contribution is -0.118. The van der Waals surface area contributed by atoms with Gasteiger partial charge in [0, 0.05) is 55.5 Å². The molecule has 1 aliphatic rings. The Hall–Kier alpha value is -3.46. The Morgan fingerprint density at radius 2 is 1.89 bits per heavy atom. The van der Waals surface area contributed by atoms with E-state index >= 15 is 0 Å². The Morgan fingerprint density at radius 3 is 2.56 bits per heavy atom. The summed E-state index contributed by atoms with van der Waals surface area (Å²) < 4.78 is 1.85. The lowest BCUT2D eigenvalue weighted by Crippen LogP contribution is -2.57. The van der Waals surface area contributed by atoms with Crippen molar-refractivity contribution in [3.05, 3.63) is 41.3 Å². The van der Waals surface area contributed by atoms with Gasteiger partial charge in [-0.2, -0.15) is 5.10 Å². The Morgan fingerprint density at radius 1 is 1.17 bits per heavy atom. The van der Waals surface area contributed by atoms with E-state index in [1.807, 2.05) is 4.52 Å². The van der Waals surface area contributed by atoms with E-state index in [2.05, 4.69) is 84.7 Å². The summed E-state index contributed by atoms with van der Waals surface area (Å²) in [6.07, 6.45) is 4.06. The number of hydrogen-bond donors (Lipinski definition) is 2. The van der Waals surface area contributed by atoms with Gasteiger partial charge in [-0.1, -0.05) is 13.8 Å². The van der Waals surface area contributed by atoms with Crippen LogP contribution in [0.5, 0.6) is 0 Å². The van der Waals surface area contributed by atoms with Crippen LogP contribution in [0.4, 0.5) is 5.82 Å². The van der Waals surface area contributed by atoms with Crippen molar-refractivity contribution in [2.45, 2.75) is 66.0 Å². The number of carbonyl (C=O) groups excluding carboxylic acids is 1. The first-order valence-electron chi connectivity index (χ1n) is 12.8. The molecule has 1 fully saturated rings. The minimum absolute atomic E-state index is 0.248. The second-order valence-corrected chi connectivity index (χ2v) is 10.5. The molecule has 0 aromatic carbocycles. The van der Waals surface area contributed by atoms with Gasteiger partial charge < -0.3 is 15.6 Å². The van der Waals surface area contributed by atoms with Gasteiger partial charge in [-0.25, -0.2) is 14.5 Å². The van der Waals surface area contributed by atoms with Gasteiger partial charge in [-0.05, 0) is 56.9 Å². The van der Waals surface area contributed by atoms with Crippen molar-refractivity contribution in [1.82, 2.24) is 29.5 Å². The molecule has 4 aromatic heterocycles. The maximum absolute atomic E-state index is 11.3. The molecule has 2 atom stereocenters. The number of primary amides is 1. The lowest BCUT2D eigenvalue weighted by atomic mass is 9.95. The molecule has 0 bridgehead atoms. The predicted molar refractivity (Wildman–Crippen MR) is 143 cm³/mol. The molecule has 36 heavy (non-hydrogen) atoms. The standard InChI is InChI=1S/C27H36N8O/c1-15(2)24-25(20-13-35-27(29-14-30-35)19(6)18(20)5)31-21-7-8-23(32-26(21)24)33-11-16(3)34(17(4)12-33)10-9-22(28)36/h7-8,13-17,31H,9-12H2,1-6H3,(H2,28,36)/t16-,17-/m0/s1. The number of fused-ring (bicyclic) bond motifs is 2. The summed E-state index contributed by atoms with van der Waals surface area (Å²) in [5, 5.41) is 4.39. The molecular weight excluding hydrogens is 452 g/mol. The summed E-state index contributed by atoms with van der Waals surface area (Å²) in [5.41, 5.74) is 14.1. The minimum atomic E-state index is -0.248. The summed E-state index contributed by atoms with van der Waals surface area (Å²) in [6.45, 7) is 15.5. The fourth-order valence-corrected chi connectivity index (χ4v) is 5.70. The third kappa shape index (κ3) is 4.11. The zero-order valence-electron chi connectivity index (χ0n) is 22.0. The van der Waals surface area contributed by atoms with Crippen molar-refractivity contribution in [1.29, 1.82) is 0 Å². The van der Waals surface area contributed by atoms with Gasteiger partial charge in [0.2, 0.25) is 5.91 Å². The van der Waals surface area contributed by atoms with E-state index < -0.39 is 0 Å². The number of piperazine rings is 1. The van der Waals surface area contributed by atoms with Crippen LogP contribution in [0.2, 0.25) is 0 Å². The van der Waals surface area contributed by atoms with E-state index in [-0.39, 0.29) is 11.8 Å². The largest absolute Gasteiger partial charge is 0.370 e. The van der Waals surface area contributed by atoms with Crippen molar-refractivity contribution in [2.75, 3.05) is 24.5 Å². The molecule has 190 valence electrons. The molecule has 9 nitrogen and oxygen atoms in total. The van der Waals surface area contributed by atoms with Crippen LogP contribution < -0.4 is 10.6 Å². The van der Waals surface area contributed by atoms with E-state index in [9.17, 15) is 4.79 Å². The highest BCUT2D eigenvalue weighted by Gasteiger charge is 2.30. The Balaban J connectivity index is 1.53. The molecule has 0 radical (unpaired) electrons. The van der Waals surface area contributed by atoms with Crippen LogP contribution in [0, 0.1) is 13.8 Å². The number of pyridine rings is 2. The zero-order valence-corrected chi connectivity index (χ0v) is 22.0. The number of nitrogens with two attached hydrogens (primary N) is 1. The molecule has 4 aromatic rings. The summed E-state index contributed by atoms with van der Waals surface area (Å²) in [5.74, 6) is 1.02. The van der Waals surface area contributed by atoms with Gasteiger partial charge in [-0.3, -0.25) is 9.69 Å². The maximum atomic E-state index is 11.3. The molecule has 0 unspecified atom stereocenters. The normalized spacial score (nSPS) is 19.1. The summed E-state index contributed by atoms with van der Waals surface area (Å²) in [7, 11) is 0. The number of aryl methyl sites for hydroxylation is 1. The second-order valence-electron chi connectivity index (χ2n) is 10.5. The first-order chi connectivity index (χ1) is 17.2. The number of anilines is 1. The molecule has 1 aliphatic heterocycles. The highest BCUT2D eigenvalue weighted by atomic mass is 16.1. The van der Waals surface area contributed by atoms with E-state index in [1.54, 1.807) is 6.33 Å². The van der Waals surface area contributed by atoms with E-state index in [0.717, 1.165) is 52.4 Å². The van der Waals surface area contributed by atoms with Gasteiger partial charge >= 0.3 is 0 Å². The van der Waals surface area contributed by atoms with Crippen LogP contribution >= 0.6 is 0 Å². The third-order valence-electron chi connectivity index (χ3n) is 7.68. The quantitative estimate of drug-likeness (QED) is 0.428.